The third-order valence-corrected chi connectivity index (χ3v) is 6.05. The van der Waals surface area contributed by atoms with Crippen LogP contribution in [0, 0.1) is 17.2 Å². The Morgan fingerprint density at radius 3 is 2.44 bits per heavy atom. The van der Waals surface area contributed by atoms with Crippen LogP contribution in [0.5, 0.6) is 0 Å². The van der Waals surface area contributed by atoms with Crippen molar-refractivity contribution in [2.45, 2.75) is 57.1 Å². The van der Waals surface area contributed by atoms with Crippen molar-refractivity contribution in [3.05, 3.63) is 36.3 Å². The number of ether oxygens (including phenoxy) is 1. The number of carbonyl (C=O) groups is 1. The summed E-state index contributed by atoms with van der Waals surface area (Å²) in [4.78, 5) is 24.8. The van der Waals surface area contributed by atoms with Gasteiger partial charge in [0.25, 0.3) is 0 Å². The van der Waals surface area contributed by atoms with Crippen LogP contribution in [0.4, 0.5) is 0 Å². The van der Waals surface area contributed by atoms with Gasteiger partial charge in [0.05, 0.1) is 40.7 Å². The second-order valence-corrected chi connectivity index (χ2v) is 8.60. The number of hydrogen-bond donors (Lipinski definition) is 1. The molecule has 1 saturated carbocycles. The number of hydrogen-bond acceptors (Lipinski definition) is 5. The van der Waals surface area contributed by atoms with Crippen molar-refractivity contribution in [1.29, 1.82) is 5.26 Å². The molecule has 8 heteroatoms. The van der Waals surface area contributed by atoms with Gasteiger partial charge in [0.2, 0.25) is 5.91 Å². The summed E-state index contributed by atoms with van der Waals surface area (Å²) in [5.41, 5.74) is 5.16. The number of pyridine rings is 1. The Kier molecular flexibility index (Phi) is 10.9. The van der Waals surface area contributed by atoms with Crippen LogP contribution in [0.15, 0.2) is 30.7 Å². The van der Waals surface area contributed by atoms with Crippen LogP contribution in [-0.2, 0) is 9.53 Å². The molecular formula is C26H34AsN5O2. The molecule has 3 fully saturated rings. The zero-order valence-corrected chi connectivity index (χ0v) is 21.9. The molecule has 0 atom stereocenters. The minimum atomic E-state index is 0.428. The Hall–Kier alpha value is -2.42. The van der Waals surface area contributed by atoms with Gasteiger partial charge < -0.3 is 14.6 Å². The van der Waals surface area contributed by atoms with E-state index in [9.17, 15) is 4.79 Å². The molecule has 2 radical (unpaired) electrons. The van der Waals surface area contributed by atoms with Crippen molar-refractivity contribution in [2.75, 3.05) is 26.3 Å². The first-order chi connectivity index (χ1) is 16.8. The number of aromatic nitrogens is 3. The van der Waals surface area contributed by atoms with E-state index in [4.69, 9.17) is 10.00 Å². The van der Waals surface area contributed by atoms with E-state index in [-0.39, 0.29) is 0 Å². The van der Waals surface area contributed by atoms with E-state index in [2.05, 4.69) is 37.9 Å². The van der Waals surface area contributed by atoms with Crippen molar-refractivity contribution in [3.8, 4) is 6.07 Å². The summed E-state index contributed by atoms with van der Waals surface area (Å²) in [7, 11) is 0. The molecule has 1 aromatic carbocycles. The molecule has 180 valence electrons. The molecule has 3 aromatic rings. The van der Waals surface area contributed by atoms with Gasteiger partial charge >= 0.3 is 22.6 Å². The molecule has 3 aliphatic rings. The molecular weight excluding hydrogens is 489 g/mol. The van der Waals surface area contributed by atoms with Crippen LogP contribution in [0.1, 0.15) is 56.9 Å². The maximum absolute atomic E-state index is 11.3. The number of benzene rings is 1. The molecule has 4 heterocycles. The number of nitriles is 1. The van der Waals surface area contributed by atoms with E-state index in [1.807, 2.05) is 22.7 Å². The summed E-state index contributed by atoms with van der Waals surface area (Å²) in [6.07, 6.45) is 13.4. The van der Waals surface area contributed by atoms with Gasteiger partial charge in [-0.2, -0.15) is 5.26 Å². The SMILES string of the molecule is C1CCCOCC1.C[As].N#Cc1ccc2ncc3[nH]cnc3c2c1.O=C(C1CC1)N1CCCC1. The standard InChI is InChI=1S/C11H6N4.C8H13NO.C6H12O.CH3As/c12-4-7-1-2-9-8(3-7)11-10(5-13-9)14-6-15-11;10-8(7-3-4-7)9-5-1-2-6-9;1-2-4-6-7-5-3-1;1-2/h1-3,5-6H,(H,14,15);7H,1-6H2;1-6H2;1H3. The van der Waals surface area contributed by atoms with Crippen LogP contribution in [0.25, 0.3) is 21.9 Å². The molecule has 1 aliphatic carbocycles. The topological polar surface area (TPSA) is 94.9 Å². The Morgan fingerprint density at radius 2 is 1.79 bits per heavy atom. The van der Waals surface area contributed by atoms with E-state index in [1.165, 1.54) is 38.5 Å². The van der Waals surface area contributed by atoms with E-state index in [0.29, 0.717) is 17.4 Å². The molecule has 2 aromatic heterocycles. The smallest absolute Gasteiger partial charge is 0.225 e. The second-order valence-electron chi connectivity index (χ2n) is 8.60. The first-order valence-electron chi connectivity index (χ1n) is 12.2. The molecule has 0 bridgehead atoms. The Balaban J connectivity index is 0.000000148. The van der Waals surface area contributed by atoms with Gasteiger partial charge in [-0.25, -0.2) is 4.98 Å². The largest absolute Gasteiger partial charge is 0.343 e. The molecule has 1 amide bonds. The van der Waals surface area contributed by atoms with Crippen LogP contribution >= 0.6 is 0 Å². The summed E-state index contributed by atoms with van der Waals surface area (Å²) >= 11 is 2.31. The Morgan fingerprint density at radius 1 is 1.09 bits per heavy atom. The van der Waals surface area contributed by atoms with Crippen molar-refractivity contribution >= 4 is 44.7 Å². The minimum absolute atomic E-state index is 0.428. The van der Waals surface area contributed by atoms with Crippen LogP contribution in [0.3, 0.4) is 0 Å². The number of H-pyrrole nitrogens is 1. The normalized spacial score (nSPS) is 17.3. The van der Waals surface area contributed by atoms with E-state index in [1.54, 1.807) is 18.6 Å². The molecule has 1 N–H and O–H groups in total. The molecule has 6 rings (SSSR count). The minimum Gasteiger partial charge on any atom is -0.343 e. The quantitative estimate of drug-likeness (QED) is 0.464. The van der Waals surface area contributed by atoms with Gasteiger partial charge in [0, 0.05) is 37.6 Å². The molecule has 2 saturated heterocycles. The van der Waals surface area contributed by atoms with Crippen molar-refractivity contribution < 1.29 is 9.53 Å². The van der Waals surface area contributed by atoms with Gasteiger partial charge in [-0.3, -0.25) is 9.78 Å². The average molecular weight is 524 g/mol. The molecule has 0 unspecified atom stereocenters. The maximum atomic E-state index is 11.3. The number of rotatable bonds is 1. The predicted octanol–water partition coefficient (Wildman–Crippen LogP) is 4.78. The molecule has 7 nitrogen and oxygen atoms in total. The fourth-order valence-corrected chi connectivity index (χ4v) is 4.05. The fraction of sp³-hybridized carbons (Fsp3) is 0.538. The zero-order chi connectivity index (χ0) is 24.2. The summed E-state index contributed by atoms with van der Waals surface area (Å²) in [5.74, 6) is 0.857. The van der Waals surface area contributed by atoms with Crippen LogP contribution in [0.2, 0.25) is 5.71 Å². The number of aromatic amines is 1. The molecule has 2 aliphatic heterocycles. The average Bonchev–Trinajstić information content (AvgIpc) is 3.51. The summed E-state index contributed by atoms with van der Waals surface area (Å²) in [6.45, 7) is 4.05. The zero-order valence-electron chi connectivity index (χ0n) is 20.0. The first-order valence-corrected chi connectivity index (χ1v) is 14.1. The maximum Gasteiger partial charge on any atom is 0.225 e. The number of fused-ring (bicyclic) bond motifs is 3. The predicted molar refractivity (Wildman–Crippen MR) is 136 cm³/mol. The Labute approximate surface area is 210 Å². The van der Waals surface area contributed by atoms with Crippen molar-refractivity contribution in [1.82, 2.24) is 19.9 Å². The van der Waals surface area contributed by atoms with Gasteiger partial charge in [0.15, 0.2) is 0 Å². The van der Waals surface area contributed by atoms with Crippen LogP contribution in [-0.4, -0.2) is 68.9 Å². The number of imidazole rings is 1. The number of likely N-dealkylation sites (tertiary alicyclic amines) is 1. The van der Waals surface area contributed by atoms with Gasteiger partial charge in [-0.15, -0.1) is 0 Å². The van der Waals surface area contributed by atoms with Gasteiger partial charge in [-0.1, -0.05) is 12.8 Å². The monoisotopic (exact) mass is 523 g/mol. The third kappa shape index (κ3) is 7.55. The van der Waals surface area contributed by atoms with E-state index < -0.39 is 0 Å². The number of nitrogens with one attached hydrogen (secondary N) is 1. The summed E-state index contributed by atoms with van der Waals surface area (Å²) < 4.78 is 5.19. The molecule has 0 spiro atoms. The van der Waals surface area contributed by atoms with Crippen molar-refractivity contribution in [2.24, 2.45) is 5.92 Å². The van der Waals surface area contributed by atoms with E-state index in [0.717, 1.165) is 61.1 Å². The second kappa shape index (κ2) is 14.1. The number of nitrogens with zero attached hydrogens (tertiary/aromatic N) is 4. The van der Waals surface area contributed by atoms with E-state index >= 15 is 0 Å². The van der Waals surface area contributed by atoms with Gasteiger partial charge in [0.1, 0.15) is 0 Å². The molecule has 34 heavy (non-hydrogen) atoms. The fourth-order valence-electron chi connectivity index (χ4n) is 4.05. The van der Waals surface area contributed by atoms with Gasteiger partial charge in [-0.05, 0) is 56.7 Å². The summed E-state index contributed by atoms with van der Waals surface area (Å²) in [5, 5.41) is 9.73. The summed E-state index contributed by atoms with van der Waals surface area (Å²) in [6, 6.07) is 7.51. The first kappa shape index (κ1) is 26.2. The number of amides is 1. The third-order valence-electron chi connectivity index (χ3n) is 6.05. The number of carbonyl (C=O) groups excluding carboxylic acids is 1. The van der Waals surface area contributed by atoms with Crippen molar-refractivity contribution in [3.63, 3.8) is 0 Å². The van der Waals surface area contributed by atoms with Crippen LogP contribution < -0.4 is 0 Å². The Bertz CT molecular complexity index is 1060.